The van der Waals surface area contributed by atoms with Crippen LogP contribution in [0, 0.1) is 5.82 Å². The van der Waals surface area contributed by atoms with Gasteiger partial charge in [-0.1, -0.05) is 29.0 Å². The molecule has 8 heteroatoms. The summed E-state index contributed by atoms with van der Waals surface area (Å²) >= 11 is 6.93. The first-order valence-corrected chi connectivity index (χ1v) is 7.79. The Balaban J connectivity index is 1.86. The van der Waals surface area contributed by atoms with Crippen molar-refractivity contribution < 1.29 is 14.0 Å². The Morgan fingerprint density at radius 1 is 1.45 bits per heavy atom. The maximum Gasteiger partial charge on any atom is 0.263 e. The Hall–Kier alpha value is -1.99. The van der Waals surface area contributed by atoms with Crippen LogP contribution in [0.1, 0.15) is 32.1 Å². The minimum Gasteiger partial charge on any atom is -0.351 e. The summed E-state index contributed by atoms with van der Waals surface area (Å²) in [5.41, 5.74) is 0.411. The predicted octanol–water partition coefficient (Wildman–Crippen LogP) is 2.86. The number of fused-ring (bicyclic) bond motifs is 1. The molecule has 0 spiro atoms. The molecule has 2 aromatic rings. The molecule has 1 aromatic carbocycles. The topological polar surface area (TPSA) is 71.1 Å². The van der Waals surface area contributed by atoms with Crippen molar-refractivity contribution in [2.45, 2.75) is 12.8 Å². The molecular formula is C14H11ClFN3O2S. The second-order valence-corrected chi connectivity index (χ2v) is 6.11. The van der Waals surface area contributed by atoms with Gasteiger partial charge < -0.3 is 5.32 Å². The zero-order chi connectivity index (χ0) is 15.7. The number of halogens is 2. The summed E-state index contributed by atoms with van der Waals surface area (Å²) in [6.45, 7) is 0.606. The van der Waals surface area contributed by atoms with Crippen LogP contribution >= 0.6 is 22.9 Å². The third-order valence-electron chi connectivity index (χ3n) is 3.19. The van der Waals surface area contributed by atoms with E-state index < -0.39 is 11.7 Å². The number of rotatable bonds is 2. The standard InChI is InChI=1S/C14H11ClFN3O2S/c15-7-3-1-4-8(16)10(7)12(20)19-14-18-9-5-2-6-17-13(21)11(9)22-14/h1,3-4H,2,5-6H2,(H,17,21)(H,18,19,20). The molecule has 2 N–H and O–H groups in total. The van der Waals surface area contributed by atoms with Gasteiger partial charge in [-0.3, -0.25) is 14.9 Å². The molecule has 2 heterocycles. The molecule has 114 valence electrons. The Kier molecular flexibility index (Phi) is 4.08. The summed E-state index contributed by atoms with van der Waals surface area (Å²) in [6.07, 6.45) is 1.44. The number of nitrogens with zero attached hydrogens (tertiary/aromatic N) is 1. The Morgan fingerprint density at radius 2 is 2.27 bits per heavy atom. The number of aryl methyl sites for hydroxylation is 1. The fraction of sp³-hybridized carbons (Fsp3) is 0.214. The highest BCUT2D eigenvalue weighted by Gasteiger charge is 2.23. The van der Waals surface area contributed by atoms with Gasteiger partial charge >= 0.3 is 0 Å². The van der Waals surface area contributed by atoms with E-state index in [0.29, 0.717) is 23.5 Å². The van der Waals surface area contributed by atoms with Crippen LogP contribution in [0.25, 0.3) is 0 Å². The number of thiazole rings is 1. The van der Waals surface area contributed by atoms with Gasteiger partial charge in [-0.2, -0.15) is 0 Å². The van der Waals surface area contributed by atoms with E-state index in [4.69, 9.17) is 11.6 Å². The van der Waals surface area contributed by atoms with E-state index in [1.165, 1.54) is 12.1 Å². The molecule has 0 bridgehead atoms. The molecular weight excluding hydrogens is 329 g/mol. The molecule has 0 aliphatic carbocycles. The SMILES string of the molecule is O=C1NCCCc2nc(NC(=O)c3c(F)cccc3Cl)sc21. The minimum atomic E-state index is -0.708. The van der Waals surface area contributed by atoms with Crippen LogP contribution in [0.15, 0.2) is 18.2 Å². The van der Waals surface area contributed by atoms with Crippen LogP contribution in [0.2, 0.25) is 5.02 Å². The van der Waals surface area contributed by atoms with Gasteiger partial charge in [-0.25, -0.2) is 9.37 Å². The van der Waals surface area contributed by atoms with E-state index in [1.807, 2.05) is 0 Å². The molecule has 0 fully saturated rings. The molecule has 22 heavy (non-hydrogen) atoms. The fourth-order valence-corrected chi connectivity index (χ4v) is 3.34. The molecule has 0 radical (unpaired) electrons. The van der Waals surface area contributed by atoms with Crippen molar-refractivity contribution in [2.75, 3.05) is 11.9 Å². The number of amides is 2. The molecule has 0 saturated heterocycles. The van der Waals surface area contributed by atoms with Crippen LogP contribution in [0.5, 0.6) is 0 Å². The van der Waals surface area contributed by atoms with Gasteiger partial charge in [-0.15, -0.1) is 0 Å². The number of aromatic nitrogens is 1. The lowest BCUT2D eigenvalue weighted by Crippen LogP contribution is -2.21. The van der Waals surface area contributed by atoms with Gasteiger partial charge in [0.15, 0.2) is 5.13 Å². The van der Waals surface area contributed by atoms with Crippen molar-refractivity contribution in [2.24, 2.45) is 0 Å². The molecule has 0 saturated carbocycles. The summed E-state index contributed by atoms with van der Waals surface area (Å²) < 4.78 is 13.7. The van der Waals surface area contributed by atoms with E-state index in [1.54, 1.807) is 0 Å². The number of nitrogens with one attached hydrogen (secondary N) is 2. The number of hydrogen-bond acceptors (Lipinski definition) is 4. The highest BCUT2D eigenvalue weighted by atomic mass is 35.5. The van der Waals surface area contributed by atoms with Crippen molar-refractivity contribution in [1.29, 1.82) is 0 Å². The number of carbonyl (C=O) groups is 2. The number of carbonyl (C=O) groups excluding carboxylic acids is 2. The van der Waals surface area contributed by atoms with Crippen molar-refractivity contribution in [3.8, 4) is 0 Å². The van der Waals surface area contributed by atoms with Crippen molar-refractivity contribution in [3.63, 3.8) is 0 Å². The molecule has 5 nitrogen and oxygen atoms in total. The molecule has 1 aliphatic heterocycles. The second kappa shape index (κ2) is 6.02. The highest BCUT2D eigenvalue weighted by Crippen LogP contribution is 2.27. The first-order chi connectivity index (χ1) is 10.6. The summed E-state index contributed by atoms with van der Waals surface area (Å²) in [5, 5.41) is 5.53. The lowest BCUT2D eigenvalue weighted by Gasteiger charge is -2.05. The van der Waals surface area contributed by atoms with Crippen molar-refractivity contribution in [1.82, 2.24) is 10.3 Å². The van der Waals surface area contributed by atoms with Gasteiger partial charge in [0.25, 0.3) is 11.8 Å². The molecule has 3 rings (SSSR count). The van der Waals surface area contributed by atoms with E-state index >= 15 is 0 Å². The fourth-order valence-electron chi connectivity index (χ4n) is 2.16. The second-order valence-electron chi connectivity index (χ2n) is 4.71. The largest absolute Gasteiger partial charge is 0.351 e. The maximum atomic E-state index is 13.7. The van der Waals surface area contributed by atoms with Gasteiger partial charge in [0, 0.05) is 6.54 Å². The Bertz CT molecular complexity index is 742. The molecule has 1 aromatic heterocycles. The first-order valence-electron chi connectivity index (χ1n) is 6.59. The molecule has 0 atom stereocenters. The van der Waals surface area contributed by atoms with E-state index in [2.05, 4.69) is 15.6 Å². The van der Waals surface area contributed by atoms with E-state index in [-0.39, 0.29) is 21.6 Å². The summed E-state index contributed by atoms with van der Waals surface area (Å²) in [7, 11) is 0. The van der Waals surface area contributed by atoms with Crippen LogP contribution in [0.4, 0.5) is 9.52 Å². The lowest BCUT2D eigenvalue weighted by molar-refractivity contribution is 0.0958. The van der Waals surface area contributed by atoms with Crippen LogP contribution in [-0.2, 0) is 6.42 Å². The average Bonchev–Trinajstić information content (AvgIpc) is 2.78. The van der Waals surface area contributed by atoms with Crippen LogP contribution in [-0.4, -0.2) is 23.3 Å². The van der Waals surface area contributed by atoms with Gasteiger partial charge in [-0.05, 0) is 25.0 Å². The Morgan fingerprint density at radius 3 is 3.05 bits per heavy atom. The minimum absolute atomic E-state index is 0.0216. The maximum absolute atomic E-state index is 13.7. The zero-order valence-corrected chi connectivity index (χ0v) is 12.9. The van der Waals surface area contributed by atoms with Gasteiger partial charge in [0.1, 0.15) is 10.7 Å². The molecule has 0 unspecified atom stereocenters. The van der Waals surface area contributed by atoms with Crippen molar-refractivity contribution >= 4 is 39.9 Å². The summed E-state index contributed by atoms with van der Waals surface area (Å²) in [5.74, 6) is -1.59. The number of hydrogen-bond donors (Lipinski definition) is 2. The van der Waals surface area contributed by atoms with Crippen molar-refractivity contribution in [3.05, 3.63) is 45.2 Å². The lowest BCUT2D eigenvalue weighted by atomic mass is 10.2. The normalized spacial score (nSPS) is 14.0. The van der Waals surface area contributed by atoms with Crippen LogP contribution < -0.4 is 10.6 Å². The number of benzene rings is 1. The van der Waals surface area contributed by atoms with E-state index in [9.17, 15) is 14.0 Å². The monoisotopic (exact) mass is 339 g/mol. The molecule has 1 aliphatic rings. The summed E-state index contributed by atoms with van der Waals surface area (Å²) in [6, 6.07) is 4.01. The highest BCUT2D eigenvalue weighted by molar-refractivity contribution is 7.17. The third-order valence-corrected chi connectivity index (χ3v) is 4.52. The quantitative estimate of drug-likeness (QED) is 0.883. The number of anilines is 1. The van der Waals surface area contributed by atoms with Gasteiger partial charge in [0.05, 0.1) is 16.3 Å². The average molecular weight is 340 g/mol. The predicted molar refractivity (Wildman–Crippen MR) is 82.1 cm³/mol. The summed E-state index contributed by atoms with van der Waals surface area (Å²) in [4.78, 5) is 28.7. The zero-order valence-electron chi connectivity index (χ0n) is 11.3. The van der Waals surface area contributed by atoms with E-state index in [0.717, 1.165) is 23.8 Å². The third kappa shape index (κ3) is 2.82. The van der Waals surface area contributed by atoms with Gasteiger partial charge in [0.2, 0.25) is 0 Å². The Labute approximate surface area is 134 Å². The first kappa shape index (κ1) is 14.9. The molecule has 2 amide bonds. The smallest absolute Gasteiger partial charge is 0.263 e. The van der Waals surface area contributed by atoms with Crippen LogP contribution in [0.3, 0.4) is 0 Å².